The molecular weight excluding hydrogens is 262 g/mol. The van der Waals surface area contributed by atoms with Gasteiger partial charge in [-0.3, -0.25) is 4.79 Å². The monoisotopic (exact) mass is 279 g/mol. The van der Waals surface area contributed by atoms with E-state index in [-0.39, 0.29) is 19.1 Å². The summed E-state index contributed by atoms with van der Waals surface area (Å²) in [5.74, 6) is -1.30. The number of carbonyl (C=O) groups excluding carboxylic acids is 1. The van der Waals surface area contributed by atoms with Gasteiger partial charge in [-0.05, 0) is 5.56 Å². The summed E-state index contributed by atoms with van der Waals surface area (Å²) in [5, 5.41) is 8.96. The third-order valence-corrected chi connectivity index (χ3v) is 3.22. The maximum Gasteiger partial charge on any atom is 0.334 e. The molecule has 1 saturated heterocycles. The Labute approximate surface area is 116 Å². The van der Waals surface area contributed by atoms with Crippen LogP contribution in [0.2, 0.25) is 0 Å². The number of carboxylic acid groups (broad SMARTS) is 1. The van der Waals surface area contributed by atoms with Crippen LogP contribution < -0.4 is 0 Å². The summed E-state index contributed by atoms with van der Waals surface area (Å²) in [6, 6.07) is 9.13. The summed E-state index contributed by atoms with van der Waals surface area (Å²) in [6.07, 6.45) is -1.69. The fourth-order valence-electron chi connectivity index (χ4n) is 2.17. The number of methoxy groups -OCH3 is 1. The van der Waals surface area contributed by atoms with Crippen LogP contribution in [0.3, 0.4) is 0 Å². The number of benzene rings is 1. The molecule has 1 aromatic carbocycles. The van der Waals surface area contributed by atoms with E-state index in [9.17, 15) is 9.59 Å². The highest BCUT2D eigenvalue weighted by atomic mass is 16.5. The second-order valence-electron chi connectivity index (χ2n) is 4.51. The van der Waals surface area contributed by atoms with Crippen molar-refractivity contribution in [3.8, 4) is 0 Å². The van der Waals surface area contributed by atoms with Crippen molar-refractivity contribution in [3.63, 3.8) is 0 Å². The van der Waals surface area contributed by atoms with E-state index in [0.29, 0.717) is 6.54 Å². The third kappa shape index (κ3) is 3.15. The average Bonchev–Trinajstić information content (AvgIpc) is 2.49. The quantitative estimate of drug-likeness (QED) is 0.877. The summed E-state index contributed by atoms with van der Waals surface area (Å²) in [7, 11) is 1.46. The van der Waals surface area contributed by atoms with Crippen LogP contribution in [0.5, 0.6) is 0 Å². The SMILES string of the molecule is COC(C(=O)N1CCOC(C(=O)O)C1)c1ccccc1. The van der Waals surface area contributed by atoms with Gasteiger partial charge in [0, 0.05) is 13.7 Å². The lowest BCUT2D eigenvalue weighted by atomic mass is 10.1. The molecule has 1 N–H and O–H groups in total. The van der Waals surface area contributed by atoms with E-state index in [2.05, 4.69) is 0 Å². The normalized spacial score (nSPS) is 20.4. The lowest BCUT2D eigenvalue weighted by molar-refractivity contribution is -0.162. The zero-order chi connectivity index (χ0) is 14.5. The number of carboxylic acids is 1. The number of ether oxygens (including phenoxy) is 2. The number of aliphatic carboxylic acids is 1. The molecule has 0 saturated carbocycles. The Morgan fingerprint density at radius 2 is 2.10 bits per heavy atom. The van der Waals surface area contributed by atoms with E-state index in [1.54, 1.807) is 12.1 Å². The van der Waals surface area contributed by atoms with E-state index in [1.807, 2.05) is 18.2 Å². The van der Waals surface area contributed by atoms with Crippen molar-refractivity contribution in [2.24, 2.45) is 0 Å². The second kappa shape index (κ2) is 6.49. The van der Waals surface area contributed by atoms with Crippen molar-refractivity contribution in [1.82, 2.24) is 4.90 Å². The molecular formula is C14H17NO5. The fraction of sp³-hybridized carbons (Fsp3) is 0.429. The average molecular weight is 279 g/mol. The standard InChI is InChI=1S/C14H17NO5/c1-19-12(10-5-3-2-4-6-10)13(16)15-7-8-20-11(9-15)14(17)18/h2-6,11-12H,7-9H2,1H3,(H,17,18). The van der Waals surface area contributed by atoms with E-state index >= 15 is 0 Å². The van der Waals surface area contributed by atoms with Crippen LogP contribution in [-0.2, 0) is 19.1 Å². The maximum absolute atomic E-state index is 12.5. The van der Waals surface area contributed by atoms with Gasteiger partial charge < -0.3 is 19.5 Å². The predicted molar refractivity (Wildman–Crippen MR) is 70.1 cm³/mol. The predicted octanol–water partition coefficient (Wildman–Crippen LogP) is 0.686. The Balaban J connectivity index is 2.11. The van der Waals surface area contributed by atoms with Crippen molar-refractivity contribution in [1.29, 1.82) is 0 Å². The molecule has 20 heavy (non-hydrogen) atoms. The molecule has 2 unspecified atom stereocenters. The number of amides is 1. The second-order valence-corrected chi connectivity index (χ2v) is 4.51. The first-order chi connectivity index (χ1) is 9.63. The van der Waals surface area contributed by atoms with E-state index in [0.717, 1.165) is 5.56 Å². The van der Waals surface area contributed by atoms with Gasteiger partial charge in [0.25, 0.3) is 5.91 Å². The molecule has 2 rings (SSSR count). The number of morpholine rings is 1. The molecule has 0 aromatic heterocycles. The van der Waals surface area contributed by atoms with Crippen molar-refractivity contribution in [2.45, 2.75) is 12.2 Å². The number of hydrogen-bond acceptors (Lipinski definition) is 4. The smallest absolute Gasteiger partial charge is 0.334 e. The highest BCUT2D eigenvalue weighted by Crippen LogP contribution is 2.20. The highest BCUT2D eigenvalue weighted by molar-refractivity contribution is 5.83. The first-order valence-corrected chi connectivity index (χ1v) is 6.34. The minimum Gasteiger partial charge on any atom is -0.479 e. The van der Waals surface area contributed by atoms with Crippen LogP contribution >= 0.6 is 0 Å². The van der Waals surface area contributed by atoms with Gasteiger partial charge in [0.05, 0.1) is 13.2 Å². The first kappa shape index (κ1) is 14.5. The molecule has 0 aliphatic carbocycles. The largest absolute Gasteiger partial charge is 0.479 e. The summed E-state index contributed by atoms with van der Waals surface area (Å²) < 4.78 is 10.4. The molecule has 1 fully saturated rings. The minimum absolute atomic E-state index is 0.0425. The Morgan fingerprint density at radius 1 is 1.40 bits per heavy atom. The molecule has 0 bridgehead atoms. The Bertz CT molecular complexity index is 476. The lowest BCUT2D eigenvalue weighted by Gasteiger charge is -2.33. The van der Waals surface area contributed by atoms with Gasteiger partial charge in [-0.2, -0.15) is 0 Å². The van der Waals surface area contributed by atoms with Crippen LogP contribution in [0, 0.1) is 0 Å². The zero-order valence-corrected chi connectivity index (χ0v) is 11.2. The van der Waals surface area contributed by atoms with E-state index < -0.39 is 18.2 Å². The number of rotatable bonds is 4. The molecule has 2 atom stereocenters. The molecule has 1 aliphatic heterocycles. The van der Waals surface area contributed by atoms with Crippen molar-refractivity contribution < 1.29 is 24.2 Å². The summed E-state index contributed by atoms with van der Waals surface area (Å²) in [5.41, 5.74) is 0.748. The summed E-state index contributed by atoms with van der Waals surface area (Å²) in [4.78, 5) is 24.9. The van der Waals surface area contributed by atoms with Crippen molar-refractivity contribution >= 4 is 11.9 Å². The number of carbonyl (C=O) groups is 2. The van der Waals surface area contributed by atoms with Crippen LogP contribution in [0.4, 0.5) is 0 Å². The van der Waals surface area contributed by atoms with Crippen LogP contribution in [-0.4, -0.2) is 54.8 Å². The lowest BCUT2D eigenvalue weighted by Crippen LogP contribution is -2.50. The minimum atomic E-state index is -1.06. The molecule has 6 nitrogen and oxygen atoms in total. The van der Waals surface area contributed by atoms with E-state index in [1.165, 1.54) is 12.0 Å². The van der Waals surface area contributed by atoms with Gasteiger partial charge >= 0.3 is 5.97 Å². The van der Waals surface area contributed by atoms with Crippen LogP contribution in [0.1, 0.15) is 11.7 Å². The number of hydrogen-bond donors (Lipinski definition) is 1. The van der Waals surface area contributed by atoms with Crippen molar-refractivity contribution in [2.75, 3.05) is 26.8 Å². The zero-order valence-electron chi connectivity index (χ0n) is 11.2. The van der Waals surface area contributed by atoms with Crippen LogP contribution in [0.25, 0.3) is 0 Å². The van der Waals surface area contributed by atoms with Gasteiger partial charge in [0.1, 0.15) is 0 Å². The molecule has 1 aromatic rings. The number of nitrogens with zero attached hydrogens (tertiary/aromatic N) is 1. The molecule has 1 aliphatic rings. The van der Waals surface area contributed by atoms with Gasteiger partial charge in [0.15, 0.2) is 12.2 Å². The summed E-state index contributed by atoms with van der Waals surface area (Å²) in [6.45, 7) is 0.629. The van der Waals surface area contributed by atoms with Crippen LogP contribution in [0.15, 0.2) is 30.3 Å². The first-order valence-electron chi connectivity index (χ1n) is 6.34. The molecule has 0 radical (unpaired) electrons. The topological polar surface area (TPSA) is 76.1 Å². The van der Waals surface area contributed by atoms with Gasteiger partial charge in [-0.1, -0.05) is 30.3 Å². The van der Waals surface area contributed by atoms with Gasteiger partial charge in [-0.25, -0.2) is 4.79 Å². The Kier molecular flexibility index (Phi) is 4.70. The van der Waals surface area contributed by atoms with E-state index in [4.69, 9.17) is 14.6 Å². The van der Waals surface area contributed by atoms with Crippen molar-refractivity contribution in [3.05, 3.63) is 35.9 Å². The molecule has 108 valence electrons. The Morgan fingerprint density at radius 3 is 2.70 bits per heavy atom. The molecule has 1 heterocycles. The molecule has 6 heteroatoms. The molecule has 1 amide bonds. The summed E-state index contributed by atoms with van der Waals surface area (Å²) >= 11 is 0. The highest BCUT2D eigenvalue weighted by Gasteiger charge is 2.33. The van der Waals surface area contributed by atoms with Gasteiger partial charge in [0.2, 0.25) is 0 Å². The maximum atomic E-state index is 12.5. The molecule has 0 spiro atoms. The fourth-order valence-corrected chi connectivity index (χ4v) is 2.17. The van der Waals surface area contributed by atoms with Gasteiger partial charge in [-0.15, -0.1) is 0 Å². The Hall–Kier alpha value is -1.92. The third-order valence-electron chi connectivity index (χ3n) is 3.22.